The second-order valence-corrected chi connectivity index (χ2v) is 10.3. The molecule has 4 aromatic carbocycles. The Kier molecular flexibility index (Phi) is 8.86. The van der Waals surface area contributed by atoms with E-state index in [-0.39, 0.29) is 37.6 Å². The Morgan fingerprint density at radius 2 is 1.59 bits per heavy atom. The van der Waals surface area contributed by atoms with Crippen LogP contribution in [0.3, 0.4) is 0 Å². The van der Waals surface area contributed by atoms with E-state index in [4.69, 9.17) is 14.3 Å². The van der Waals surface area contributed by atoms with Gasteiger partial charge in [0.1, 0.15) is 16.3 Å². The van der Waals surface area contributed by atoms with E-state index >= 15 is 0 Å². The summed E-state index contributed by atoms with van der Waals surface area (Å²) >= 11 is 0.652. The summed E-state index contributed by atoms with van der Waals surface area (Å²) in [6, 6.07) is 18.7. The molecule has 12 nitrogen and oxygen atoms in total. The van der Waals surface area contributed by atoms with Gasteiger partial charge in [0.2, 0.25) is 0 Å². The van der Waals surface area contributed by atoms with E-state index in [0.717, 1.165) is 12.7 Å². The van der Waals surface area contributed by atoms with Crippen molar-refractivity contribution in [3.05, 3.63) is 72.3 Å². The van der Waals surface area contributed by atoms with E-state index in [1.807, 2.05) is 19.1 Å². The van der Waals surface area contributed by atoms with Crippen LogP contribution in [-0.4, -0.2) is 27.7 Å². The lowest BCUT2D eigenvalue weighted by atomic mass is 10.1. The number of phenols is 1. The molecule has 0 bridgehead atoms. The Balaban J connectivity index is 1.97. The van der Waals surface area contributed by atoms with Gasteiger partial charge in [-0.25, -0.2) is 4.89 Å². The van der Waals surface area contributed by atoms with Crippen molar-refractivity contribution >= 4 is 61.4 Å². The van der Waals surface area contributed by atoms with Gasteiger partial charge in [0, 0.05) is 0 Å². The number of aryl methyl sites for hydroxylation is 1. The van der Waals surface area contributed by atoms with Crippen LogP contribution in [0.15, 0.2) is 97.0 Å². The summed E-state index contributed by atoms with van der Waals surface area (Å²) in [5.74, 6) is -0.400. The van der Waals surface area contributed by atoms with Crippen LogP contribution >= 0.6 is 12.0 Å². The van der Waals surface area contributed by atoms with Gasteiger partial charge >= 0.3 is 0 Å². The number of benzene rings is 4. The fourth-order valence-electron chi connectivity index (χ4n) is 3.52. The van der Waals surface area contributed by atoms with E-state index < -0.39 is 15.9 Å². The molecule has 39 heavy (non-hydrogen) atoms. The third-order valence-electron chi connectivity index (χ3n) is 5.42. The summed E-state index contributed by atoms with van der Waals surface area (Å²) in [6.45, 7) is 1.86. The number of anilines is 1. The van der Waals surface area contributed by atoms with Crippen molar-refractivity contribution in [2.24, 2.45) is 20.5 Å². The molecule has 14 heteroatoms. The van der Waals surface area contributed by atoms with Gasteiger partial charge in [-0.15, -0.1) is 14.6 Å². The van der Waals surface area contributed by atoms with Gasteiger partial charge in [-0.3, -0.25) is 4.18 Å². The largest absolute Gasteiger partial charge is 0.505 e. The molecule has 4 rings (SSSR count). The third-order valence-corrected chi connectivity index (χ3v) is 7.32. The highest BCUT2D eigenvalue weighted by Crippen LogP contribution is 2.49. The van der Waals surface area contributed by atoms with E-state index in [1.165, 1.54) is 19.2 Å². The monoisotopic (exact) mass is 569 g/mol. The third kappa shape index (κ3) is 6.22. The summed E-state index contributed by atoms with van der Waals surface area (Å²) in [6.07, 6.45) is 0. The van der Waals surface area contributed by atoms with E-state index in [2.05, 4.69) is 30.4 Å². The van der Waals surface area contributed by atoms with Crippen LogP contribution in [0, 0.1) is 6.92 Å². The molecule has 3 N–H and O–H groups in total. The summed E-state index contributed by atoms with van der Waals surface area (Å²) in [5, 5.41) is 32.8. The maximum Gasteiger partial charge on any atom is 0.299 e. The Bertz CT molecular complexity index is 1660. The topological polar surface area (TPSA) is 167 Å². The number of azo groups is 2. The molecular formula is C25H23N5O7S2. The molecule has 0 aromatic heterocycles. The number of aromatic hydroxyl groups is 1. The van der Waals surface area contributed by atoms with Crippen LogP contribution < -0.4 is 5.73 Å². The first kappa shape index (κ1) is 28.1. The number of hydrogen-bond donors (Lipinski definition) is 2. The van der Waals surface area contributed by atoms with Crippen LogP contribution in [0.5, 0.6) is 5.75 Å². The molecular weight excluding hydrogens is 546 g/mol. The van der Waals surface area contributed by atoms with Crippen molar-refractivity contribution in [3.8, 4) is 5.75 Å². The Morgan fingerprint density at radius 1 is 0.897 bits per heavy atom. The van der Waals surface area contributed by atoms with E-state index in [9.17, 15) is 13.5 Å². The molecule has 0 aliphatic rings. The Hall–Kier alpha value is -3.92. The van der Waals surface area contributed by atoms with Crippen molar-refractivity contribution in [3.63, 3.8) is 0 Å². The highest BCUT2D eigenvalue weighted by atomic mass is 32.2. The maximum absolute atomic E-state index is 12.8. The normalized spacial score (nSPS) is 12.2. The maximum atomic E-state index is 12.8. The van der Waals surface area contributed by atoms with Crippen LogP contribution in [0.1, 0.15) is 5.56 Å². The van der Waals surface area contributed by atoms with Gasteiger partial charge in [-0.1, -0.05) is 41.4 Å². The number of nitrogens with two attached hydrogens (primary N) is 1. The fraction of sp³-hybridized carbons (Fsp3) is 0.120. The standard InChI is InChI=1S/C25H23N5O7S2/c1-15-9-7-8-12-18(15)28-29-23-19(38-37-36-34-2)13-16-14-20(39(32,33)35-3)24(22(26)21(16)25(23)31)30-27-17-10-5-4-6-11-17/h4-14,31H,26H2,1-3H3. The summed E-state index contributed by atoms with van der Waals surface area (Å²) in [5.41, 5.74) is 7.89. The van der Waals surface area contributed by atoms with Crippen LogP contribution in [0.25, 0.3) is 10.8 Å². The lowest BCUT2D eigenvalue weighted by Gasteiger charge is -2.15. The molecule has 0 amide bonds. The van der Waals surface area contributed by atoms with Crippen LogP contribution in [-0.2, 0) is 28.6 Å². The molecule has 0 aliphatic heterocycles. The second kappa shape index (κ2) is 12.3. The smallest absolute Gasteiger partial charge is 0.299 e. The van der Waals surface area contributed by atoms with Gasteiger partial charge in [-0.2, -0.15) is 18.6 Å². The van der Waals surface area contributed by atoms with Gasteiger partial charge in [0.15, 0.2) is 5.75 Å². The number of hydrogen-bond acceptors (Lipinski definition) is 13. The van der Waals surface area contributed by atoms with Gasteiger partial charge in [0.25, 0.3) is 10.1 Å². The quantitative estimate of drug-likeness (QED) is 0.0384. The minimum absolute atomic E-state index is 0.0181. The molecule has 0 unspecified atom stereocenters. The van der Waals surface area contributed by atoms with Gasteiger partial charge in [0.05, 0.1) is 53.6 Å². The Morgan fingerprint density at radius 3 is 2.28 bits per heavy atom. The number of rotatable bonds is 10. The van der Waals surface area contributed by atoms with Crippen LogP contribution in [0.4, 0.5) is 28.4 Å². The minimum Gasteiger partial charge on any atom is -0.505 e. The number of phenolic OH excluding ortho intramolecular Hbond substituents is 1. The highest BCUT2D eigenvalue weighted by molar-refractivity contribution is 7.94. The molecule has 0 aliphatic carbocycles. The Labute approximate surface area is 228 Å². The molecule has 0 radical (unpaired) electrons. The summed E-state index contributed by atoms with van der Waals surface area (Å²) in [4.78, 5) is 4.31. The zero-order valence-corrected chi connectivity index (χ0v) is 22.6. The first-order valence-electron chi connectivity index (χ1n) is 11.2. The fourth-order valence-corrected chi connectivity index (χ4v) is 4.90. The minimum atomic E-state index is -4.30. The predicted octanol–water partition coefficient (Wildman–Crippen LogP) is 7.12. The predicted molar refractivity (Wildman–Crippen MR) is 145 cm³/mol. The first-order chi connectivity index (χ1) is 18.8. The first-order valence-corrected chi connectivity index (χ1v) is 13.3. The van der Waals surface area contributed by atoms with E-state index in [1.54, 1.807) is 42.5 Å². The van der Waals surface area contributed by atoms with Crippen molar-refractivity contribution in [1.29, 1.82) is 0 Å². The molecule has 0 atom stereocenters. The molecule has 202 valence electrons. The molecule has 0 heterocycles. The average Bonchev–Trinajstić information content (AvgIpc) is 2.93. The van der Waals surface area contributed by atoms with Crippen LogP contribution in [0.2, 0.25) is 0 Å². The number of nitrogen functional groups attached to an aromatic ring is 1. The average molecular weight is 570 g/mol. The molecule has 0 spiro atoms. The van der Waals surface area contributed by atoms with Crippen molar-refractivity contribution < 1.29 is 32.0 Å². The van der Waals surface area contributed by atoms with Gasteiger partial charge < -0.3 is 10.8 Å². The lowest BCUT2D eigenvalue weighted by Crippen LogP contribution is -2.05. The van der Waals surface area contributed by atoms with Crippen molar-refractivity contribution in [1.82, 2.24) is 0 Å². The van der Waals surface area contributed by atoms with Gasteiger partial charge in [-0.05, 0) is 48.2 Å². The van der Waals surface area contributed by atoms with Crippen molar-refractivity contribution in [2.45, 2.75) is 16.7 Å². The number of nitrogens with zero attached hydrogens (tertiary/aromatic N) is 4. The zero-order valence-electron chi connectivity index (χ0n) is 20.9. The van der Waals surface area contributed by atoms with E-state index in [0.29, 0.717) is 23.4 Å². The summed E-state index contributed by atoms with van der Waals surface area (Å²) in [7, 11) is -2.04. The lowest BCUT2D eigenvalue weighted by molar-refractivity contribution is -0.447. The number of fused-ring (bicyclic) bond motifs is 1. The molecule has 0 saturated carbocycles. The highest BCUT2D eigenvalue weighted by Gasteiger charge is 2.26. The SMILES string of the molecule is COOOSc1cc2cc(S(=O)(=O)OC)c(N=Nc3ccccc3)c(N)c2c(O)c1N=Nc1ccccc1C. The molecule has 4 aromatic rings. The van der Waals surface area contributed by atoms with Crippen molar-refractivity contribution in [2.75, 3.05) is 20.0 Å². The molecule has 0 fully saturated rings. The summed E-state index contributed by atoms with van der Waals surface area (Å²) < 4.78 is 35.3. The zero-order chi connectivity index (χ0) is 28.0. The molecule has 0 saturated heterocycles. The second-order valence-electron chi connectivity index (χ2n) is 7.84.